The van der Waals surface area contributed by atoms with E-state index in [1.807, 2.05) is 66.7 Å². The largest absolute Gasteiger partial charge is 0.508 e. The molecule has 1 aromatic heterocycles. The number of aromatic amines is 1. The second-order valence-electron chi connectivity index (χ2n) is 7.63. The zero-order valence-corrected chi connectivity index (χ0v) is 17.3. The molecule has 0 bridgehead atoms. The highest BCUT2D eigenvalue weighted by atomic mass is 16.3. The third kappa shape index (κ3) is 4.35. The fourth-order valence-electron chi connectivity index (χ4n) is 3.68. The maximum absolute atomic E-state index is 10.6. The summed E-state index contributed by atoms with van der Waals surface area (Å²) >= 11 is 0. The highest BCUT2D eigenvalue weighted by Gasteiger charge is 2.07. The van der Waals surface area contributed by atoms with Gasteiger partial charge in [0.25, 0.3) is 0 Å². The lowest BCUT2D eigenvalue weighted by Gasteiger charge is -2.08. The number of H-pyrrole nitrogens is 1. The Morgan fingerprint density at radius 1 is 0.812 bits per heavy atom. The van der Waals surface area contributed by atoms with E-state index >= 15 is 0 Å². The Labute approximate surface area is 185 Å². The molecule has 32 heavy (non-hydrogen) atoms. The Bertz CT molecular complexity index is 1410. The number of hydrogen-bond donors (Lipinski definition) is 2. The van der Waals surface area contributed by atoms with E-state index in [0.29, 0.717) is 18.0 Å². The van der Waals surface area contributed by atoms with Gasteiger partial charge in [0, 0.05) is 24.0 Å². The highest BCUT2D eigenvalue weighted by molar-refractivity contribution is 5.86. The predicted molar refractivity (Wildman–Crippen MR) is 125 cm³/mol. The molecule has 4 aromatic carbocycles. The first-order valence-electron chi connectivity index (χ1n) is 10.4. The third-order valence-electron chi connectivity index (χ3n) is 5.37. The Morgan fingerprint density at radius 3 is 2.44 bits per heavy atom. The minimum atomic E-state index is 0.295. The average Bonchev–Trinajstić information content (AvgIpc) is 3.36. The molecule has 0 aliphatic carbocycles. The second kappa shape index (κ2) is 8.75. The van der Waals surface area contributed by atoms with Crippen molar-refractivity contribution in [3.05, 3.63) is 107 Å². The molecule has 0 unspecified atom stereocenters. The van der Waals surface area contributed by atoms with Crippen LogP contribution in [0.15, 0.2) is 84.9 Å². The summed E-state index contributed by atoms with van der Waals surface area (Å²) in [6, 6.07) is 28.2. The molecule has 154 valence electrons. The van der Waals surface area contributed by atoms with Gasteiger partial charge in [0.2, 0.25) is 0 Å². The van der Waals surface area contributed by atoms with Crippen LogP contribution in [-0.2, 0) is 12.8 Å². The van der Waals surface area contributed by atoms with Gasteiger partial charge in [-0.3, -0.25) is 0 Å². The van der Waals surface area contributed by atoms with Gasteiger partial charge in [0.15, 0.2) is 5.82 Å². The van der Waals surface area contributed by atoms with Crippen molar-refractivity contribution in [2.24, 2.45) is 0 Å². The number of aromatic nitrogens is 4. The highest BCUT2D eigenvalue weighted by Crippen LogP contribution is 2.28. The van der Waals surface area contributed by atoms with Gasteiger partial charge in [-0.15, -0.1) is 5.10 Å². The van der Waals surface area contributed by atoms with Crippen molar-refractivity contribution in [2.75, 3.05) is 0 Å². The van der Waals surface area contributed by atoms with Crippen molar-refractivity contribution in [2.45, 2.75) is 12.8 Å². The monoisotopic (exact) mass is 416 g/mol. The number of phenolic OH excluding ortho intramolecular Hbond substituents is 1. The van der Waals surface area contributed by atoms with Gasteiger partial charge < -0.3 is 5.11 Å². The van der Waals surface area contributed by atoms with Gasteiger partial charge in [-0.1, -0.05) is 72.5 Å². The Kier molecular flexibility index (Phi) is 5.34. The smallest absolute Gasteiger partial charge is 0.179 e. The van der Waals surface area contributed by atoms with Crippen molar-refractivity contribution in [3.63, 3.8) is 0 Å². The standard InChI is InChI=1S/C27H20N4O/c32-26-18-23-14-11-20(8-4-7-19-5-2-1-3-6-19)15-24(23)17-25(26)16-21-9-12-22(13-10-21)27-28-30-31-29-27/h1-3,5-6,9-15,17-18,32H,7,16H2,(H,28,29,30,31). The molecule has 5 nitrogen and oxygen atoms in total. The number of fused-ring (bicyclic) bond motifs is 1. The van der Waals surface area contributed by atoms with E-state index in [-0.39, 0.29) is 0 Å². The first kappa shape index (κ1) is 19.5. The Morgan fingerprint density at radius 2 is 1.66 bits per heavy atom. The van der Waals surface area contributed by atoms with Crippen LogP contribution in [0.25, 0.3) is 22.2 Å². The van der Waals surface area contributed by atoms with Crippen molar-refractivity contribution in [1.29, 1.82) is 0 Å². The summed E-state index contributed by atoms with van der Waals surface area (Å²) in [6.45, 7) is 0. The second-order valence-corrected chi connectivity index (χ2v) is 7.63. The van der Waals surface area contributed by atoms with Crippen molar-refractivity contribution < 1.29 is 5.11 Å². The lowest BCUT2D eigenvalue weighted by atomic mass is 9.98. The number of aromatic hydroxyl groups is 1. The summed E-state index contributed by atoms with van der Waals surface area (Å²) < 4.78 is 0. The van der Waals surface area contributed by atoms with Crippen LogP contribution in [0, 0.1) is 11.8 Å². The summed E-state index contributed by atoms with van der Waals surface area (Å²) in [5, 5.41) is 26.5. The SMILES string of the molecule is Oc1cc2ccc(C#CCc3ccccc3)cc2cc1Cc1ccc(-c2nnn[nH]2)cc1. The minimum absolute atomic E-state index is 0.295. The van der Waals surface area contributed by atoms with Crippen LogP contribution >= 0.6 is 0 Å². The normalized spacial score (nSPS) is 10.6. The van der Waals surface area contributed by atoms with E-state index in [2.05, 4.69) is 50.7 Å². The molecule has 0 spiro atoms. The first-order valence-corrected chi connectivity index (χ1v) is 10.4. The maximum atomic E-state index is 10.6. The molecule has 5 rings (SSSR count). The summed E-state index contributed by atoms with van der Waals surface area (Å²) in [4.78, 5) is 0. The van der Waals surface area contributed by atoms with E-state index in [0.717, 1.165) is 39.4 Å². The van der Waals surface area contributed by atoms with Crippen LogP contribution in [0.3, 0.4) is 0 Å². The number of nitrogens with one attached hydrogen (secondary N) is 1. The molecule has 0 radical (unpaired) electrons. The Hall–Kier alpha value is -4.43. The molecule has 0 fully saturated rings. The Balaban J connectivity index is 1.37. The van der Waals surface area contributed by atoms with Gasteiger partial charge in [0.05, 0.1) is 0 Å². The molecule has 0 atom stereocenters. The molecule has 2 N–H and O–H groups in total. The van der Waals surface area contributed by atoms with Gasteiger partial charge >= 0.3 is 0 Å². The topological polar surface area (TPSA) is 74.7 Å². The number of tetrazole rings is 1. The first-order chi connectivity index (χ1) is 15.7. The predicted octanol–water partition coefficient (Wildman–Crippen LogP) is 4.91. The molecule has 5 aromatic rings. The van der Waals surface area contributed by atoms with Crippen molar-refractivity contribution >= 4 is 10.8 Å². The van der Waals surface area contributed by atoms with E-state index in [1.54, 1.807) is 0 Å². The van der Waals surface area contributed by atoms with Crippen molar-refractivity contribution in [3.8, 4) is 29.0 Å². The van der Waals surface area contributed by atoms with Crippen LogP contribution in [0.4, 0.5) is 0 Å². The van der Waals surface area contributed by atoms with Crippen LogP contribution in [0.1, 0.15) is 22.3 Å². The third-order valence-corrected chi connectivity index (χ3v) is 5.37. The van der Waals surface area contributed by atoms with Crippen LogP contribution in [0.5, 0.6) is 5.75 Å². The quantitative estimate of drug-likeness (QED) is 0.408. The van der Waals surface area contributed by atoms with Gasteiger partial charge in [-0.05, 0) is 62.2 Å². The van der Waals surface area contributed by atoms with Crippen LogP contribution in [-0.4, -0.2) is 25.7 Å². The lowest BCUT2D eigenvalue weighted by molar-refractivity contribution is 0.470. The molecule has 5 heteroatoms. The molecule has 0 aliphatic heterocycles. The van der Waals surface area contributed by atoms with E-state index in [9.17, 15) is 5.11 Å². The van der Waals surface area contributed by atoms with Crippen molar-refractivity contribution in [1.82, 2.24) is 20.6 Å². The number of phenols is 1. The van der Waals surface area contributed by atoms with E-state index in [1.165, 1.54) is 5.56 Å². The lowest BCUT2D eigenvalue weighted by Crippen LogP contribution is -1.91. The maximum Gasteiger partial charge on any atom is 0.179 e. The average molecular weight is 416 g/mol. The minimum Gasteiger partial charge on any atom is -0.508 e. The van der Waals surface area contributed by atoms with Crippen LogP contribution < -0.4 is 0 Å². The molecule has 1 heterocycles. The number of rotatable bonds is 4. The molecule has 0 saturated heterocycles. The number of nitrogens with zero attached hydrogens (tertiary/aromatic N) is 3. The van der Waals surface area contributed by atoms with E-state index in [4.69, 9.17) is 0 Å². The molecule has 0 amide bonds. The molecule has 0 saturated carbocycles. The molecular weight excluding hydrogens is 396 g/mol. The van der Waals surface area contributed by atoms with Gasteiger partial charge in [-0.2, -0.15) is 0 Å². The number of benzene rings is 4. The molecule has 0 aliphatic rings. The van der Waals surface area contributed by atoms with Gasteiger partial charge in [-0.25, -0.2) is 5.10 Å². The van der Waals surface area contributed by atoms with Gasteiger partial charge in [0.1, 0.15) is 5.75 Å². The fraction of sp³-hybridized carbons (Fsp3) is 0.0741. The summed E-state index contributed by atoms with van der Waals surface area (Å²) in [5.74, 6) is 7.43. The number of hydrogen-bond acceptors (Lipinski definition) is 4. The van der Waals surface area contributed by atoms with E-state index < -0.39 is 0 Å². The van der Waals surface area contributed by atoms with Crippen LogP contribution in [0.2, 0.25) is 0 Å². The summed E-state index contributed by atoms with van der Waals surface area (Å²) in [5.41, 5.74) is 5.06. The fourth-order valence-corrected chi connectivity index (χ4v) is 3.68. The summed E-state index contributed by atoms with van der Waals surface area (Å²) in [6.07, 6.45) is 1.35. The zero-order valence-electron chi connectivity index (χ0n) is 17.3. The molecular formula is C27H20N4O. The summed E-state index contributed by atoms with van der Waals surface area (Å²) in [7, 11) is 0. The zero-order chi connectivity index (χ0) is 21.8.